The Bertz CT molecular complexity index is 679. The molecule has 3 N–H and O–H groups in total. The zero-order valence-electron chi connectivity index (χ0n) is 10.1. The number of hydrogen-bond donors (Lipinski definition) is 2. The number of nitrogen functional groups attached to an aromatic ring is 1. The Morgan fingerprint density at radius 2 is 2.00 bits per heavy atom. The highest BCUT2D eigenvalue weighted by Crippen LogP contribution is 2.19. The molecule has 19 heavy (non-hydrogen) atoms. The van der Waals surface area contributed by atoms with Crippen molar-refractivity contribution >= 4 is 21.4 Å². The van der Waals surface area contributed by atoms with Crippen LogP contribution in [-0.4, -0.2) is 13.4 Å². The quantitative estimate of drug-likeness (QED) is 0.842. The summed E-state index contributed by atoms with van der Waals surface area (Å²) in [7, 11) is -3.88. The fraction of sp³-hybridized carbons (Fsp3) is 0.0833. The van der Waals surface area contributed by atoms with Crippen molar-refractivity contribution in [2.45, 2.75) is 11.8 Å². The van der Waals surface area contributed by atoms with E-state index in [0.717, 1.165) is 17.8 Å². The normalized spacial score (nSPS) is 11.3. The number of pyridine rings is 1. The molecule has 0 saturated carbocycles. The topological polar surface area (TPSA) is 85.1 Å². The lowest BCUT2D eigenvalue weighted by atomic mass is 10.3. The summed E-state index contributed by atoms with van der Waals surface area (Å²) in [6.07, 6.45) is 1.38. The summed E-state index contributed by atoms with van der Waals surface area (Å²) in [6.45, 7) is 1.78. The van der Waals surface area contributed by atoms with Crippen molar-refractivity contribution in [1.29, 1.82) is 0 Å². The Hall–Kier alpha value is -2.15. The third kappa shape index (κ3) is 3.19. The minimum Gasteiger partial charge on any atom is -0.399 e. The van der Waals surface area contributed by atoms with Crippen molar-refractivity contribution in [3.63, 3.8) is 0 Å². The monoisotopic (exact) mass is 281 g/mol. The third-order valence-electron chi connectivity index (χ3n) is 2.37. The number of halogens is 1. The van der Waals surface area contributed by atoms with Gasteiger partial charge in [-0.2, -0.15) is 0 Å². The number of nitrogens with two attached hydrogens (primary N) is 1. The van der Waals surface area contributed by atoms with Crippen molar-refractivity contribution in [2.24, 2.45) is 0 Å². The van der Waals surface area contributed by atoms with Crippen LogP contribution in [0.25, 0.3) is 0 Å². The van der Waals surface area contributed by atoms with E-state index in [-0.39, 0.29) is 10.6 Å². The Morgan fingerprint density at radius 3 is 2.58 bits per heavy atom. The number of anilines is 2. The molecule has 0 saturated heterocycles. The summed E-state index contributed by atoms with van der Waals surface area (Å²) >= 11 is 0. The van der Waals surface area contributed by atoms with E-state index in [1.807, 2.05) is 0 Å². The first-order valence-corrected chi connectivity index (χ1v) is 6.87. The minimum atomic E-state index is -3.88. The largest absolute Gasteiger partial charge is 0.399 e. The lowest BCUT2D eigenvalue weighted by molar-refractivity contribution is 0.595. The molecule has 7 heteroatoms. The van der Waals surface area contributed by atoms with Gasteiger partial charge in [0.05, 0.1) is 16.8 Å². The Kier molecular flexibility index (Phi) is 3.39. The van der Waals surface area contributed by atoms with Gasteiger partial charge >= 0.3 is 0 Å². The summed E-state index contributed by atoms with van der Waals surface area (Å²) in [6, 6.07) is 6.38. The van der Waals surface area contributed by atoms with E-state index in [2.05, 4.69) is 9.71 Å². The molecule has 0 aliphatic carbocycles. The average Bonchev–Trinajstić information content (AvgIpc) is 2.31. The van der Waals surface area contributed by atoms with Gasteiger partial charge in [-0.3, -0.25) is 9.71 Å². The van der Waals surface area contributed by atoms with Gasteiger partial charge in [-0.25, -0.2) is 12.8 Å². The molecule has 0 amide bonds. The molecule has 2 rings (SSSR count). The Labute approximate surface area is 110 Å². The number of nitrogens with one attached hydrogen (secondary N) is 1. The van der Waals surface area contributed by atoms with Gasteiger partial charge in [0.1, 0.15) is 5.82 Å². The number of sulfonamides is 1. The maximum atomic E-state index is 13.2. The van der Waals surface area contributed by atoms with Crippen molar-refractivity contribution in [3.05, 3.63) is 48.0 Å². The van der Waals surface area contributed by atoms with Crippen molar-refractivity contribution in [3.8, 4) is 0 Å². The molecular formula is C12H12FN3O2S. The lowest BCUT2D eigenvalue weighted by Crippen LogP contribution is -2.13. The van der Waals surface area contributed by atoms with Crippen LogP contribution in [0.1, 0.15) is 5.69 Å². The van der Waals surface area contributed by atoms with Crippen LogP contribution in [0.15, 0.2) is 41.4 Å². The highest BCUT2D eigenvalue weighted by Gasteiger charge is 2.16. The van der Waals surface area contributed by atoms with E-state index in [1.165, 1.54) is 12.3 Å². The van der Waals surface area contributed by atoms with Crippen LogP contribution in [0.3, 0.4) is 0 Å². The Balaban J connectivity index is 2.34. The summed E-state index contributed by atoms with van der Waals surface area (Å²) < 4.78 is 39.5. The van der Waals surface area contributed by atoms with E-state index in [1.54, 1.807) is 19.1 Å². The number of nitrogens with zero attached hydrogens (tertiary/aromatic N) is 1. The first kappa shape index (κ1) is 13.3. The molecule has 0 fully saturated rings. The first-order valence-electron chi connectivity index (χ1n) is 5.38. The predicted molar refractivity (Wildman–Crippen MR) is 70.6 cm³/mol. The molecule has 0 unspecified atom stereocenters. The van der Waals surface area contributed by atoms with Crippen LogP contribution in [0.4, 0.5) is 15.8 Å². The molecule has 2 aromatic rings. The smallest absolute Gasteiger partial charge is 0.262 e. The van der Waals surface area contributed by atoms with Gasteiger partial charge in [-0.05, 0) is 37.3 Å². The van der Waals surface area contributed by atoms with Gasteiger partial charge < -0.3 is 5.73 Å². The van der Waals surface area contributed by atoms with Crippen LogP contribution in [0.2, 0.25) is 0 Å². The number of rotatable bonds is 3. The molecule has 1 aromatic carbocycles. The fourth-order valence-corrected chi connectivity index (χ4v) is 2.59. The van der Waals surface area contributed by atoms with Crippen molar-refractivity contribution in [1.82, 2.24) is 4.98 Å². The number of hydrogen-bond acceptors (Lipinski definition) is 4. The second-order valence-corrected chi connectivity index (χ2v) is 5.70. The molecule has 0 aliphatic heterocycles. The summed E-state index contributed by atoms with van der Waals surface area (Å²) in [4.78, 5) is 3.74. The Morgan fingerprint density at radius 1 is 1.26 bits per heavy atom. The van der Waals surface area contributed by atoms with Gasteiger partial charge in [0.2, 0.25) is 0 Å². The first-order chi connectivity index (χ1) is 8.87. The third-order valence-corrected chi connectivity index (χ3v) is 3.73. The molecule has 0 spiro atoms. The van der Waals surface area contributed by atoms with Gasteiger partial charge in [0.15, 0.2) is 0 Å². The predicted octanol–water partition coefficient (Wildman–Crippen LogP) is 1.91. The van der Waals surface area contributed by atoms with Crippen LogP contribution in [-0.2, 0) is 10.0 Å². The van der Waals surface area contributed by atoms with Crippen LogP contribution < -0.4 is 10.5 Å². The maximum Gasteiger partial charge on any atom is 0.262 e. The molecular weight excluding hydrogens is 269 g/mol. The van der Waals surface area contributed by atoms with Gasteiger partial charge in [-0.15, -0.1) is 0 Å². The standard InChI is InChI=1S/C12H12FN3O2S/c1-8-2-3-11(7-15-8)16-19(17,18)12-5-9(13)4-10(14)6-12/h2-7,16H,14H2,1H3. The number of aromatic nitrogens is 1. The summed E-state index contributed by atoms with van der Waals surface area (Å²) in [5.74, 6) is -0.706. The molecule has 0 aliphatic rings. The molecule has 1 heterocycles. The summed E-state index contributed by atoms with van der Waals surface area (Å²) in [5, 5.41) is 0. The van der Waals surface area contributed by atoms with Gasteiger partial charge in [0.25, 0.3) is 10.0 Å². The van der Waals surface area contributed by atoms with Crippen LogP contribution in [0.5, 0.6) is 0 Å². The average molecular weight is 281 g/mol. The van der Waals surface area contributed by atoms with Gasteiger partial charge in [-0.1, -0.05) is 0 Å². The van der Waals surface area contributed by atoms with E-state index >= 15 is 0 Å². The van der Waals surface area contributed by atoms with Crippen molar-refractivity contribution in [2.75, 3.05) is 10.5 Å². The molecule has 100 valence electrons. The highest BCUT2D eigenvalue weighted by atomic mass is 32.2. The SMILES string of the molecule is Cc1ccc(NS(=O)(=O)c2cc(N)cc(F)c2)cn1. The molecule has 0 radical (unpaired) electrons. The highest BCUT2D eigenvalue weighted by molar-refractivity contribution is 7.92. The van der Waals surface area contributed by atoms with E-state index < -0.39 is 15.8 Å². The second kappa shape index (κ2) is 4.85. The summed E-state index contributed by atoms with van der Waals surface area (Å²) in [5.41, 5.74) is 6.53. The zero-order valence-corrected chi connectivity index (χ0v) is 10.9. The van der Waals surface area contributed by atoms with E-state index in [9.17, 15) is 12.8 Å². The second-order valence-electron chi connectivity index (χ2n) is 4.01. The number of benzene rings is 1. The van der Waals surface area contributed by atoms with Crippen LogP contribution in [0, 0.1) is 12.7 Å². The molecule has 5 nitrogen and oxygen atoms in total. The zero-order chi connectivity index (χ0) is 14.0. The van der Waals surface area contributed by atoms with Gasteiger partial charge in [0, 0.05) is 11.4 Å². The van der Waals surface area contributed by atoms with E-state index in [0.29, 0.717) is 5.69 Å². The molecule has 0 atom stereocenters. The maximum absolute atomic E-state index is 13.2. The van der Waals surface area contributed by atoms with Crippen LogP contribution >= 0.6 is 0 Å². The number of aryl methyl sites for hydroxylation is 1. The lowest BCUT2D eigenvalue weighted by Gasteiger charge is -2.08. The minimum absolute atomic E-state index is 0.0439. The van der Waals surface area contributed by atoms with E-state index in [4.69, 9.17) is 5.73 Å². The van der Waals surface area contributed by atoms with Crippen molar-refractivity contribution < 1.29 is 12.8 Å². The molecule has 0 bridgehead atoms. The molecule has 1 aromatic heterocycles. The fourth-order valence-electron chi connectivity index (χ4n) is 1.48.